The average molecular weight is 345 g/mol. The van der Waals surface area contributed by atoms with Crippen molar-refractivity contribution in [1.82, 2.24) is 15.5 Å². The smallest absolute Gasteiger partial charge is 0.251 e. The molecule has 138 valence electrons. The molecule has 2 N–H and O–H groups in total. The van der Waals surface area contributed by atoms with Crippen LogP contribution >= 0.6 is 0 Å². The number of likely N-dealkylation sites (N-methyl/N-ethyl adjacent to an activating group) is 1. The van der Waals surface area contributed by atoms with Crippen LogP contribution in [0.4, 0.5) is 0 Å². The molecule has 5 heteroatoms. The van der Waals surface area contributed by atoms with Gasteiger partial charge in [0.15, 0.2) is 0 Å². The molecule has 1 aromatic carbocycles. The molecular formula is C20H31N3O2. The van der Waals surface area contributed by atoms with Gasteiger partial charge in [0.05, 0.1) is 6.54 Å². The molecule has 0 aliphatic heterocycles. The molecule has 25 heavy (non-hydrogen) atoms. The highest BCUT2D eigenvalue weighted by molar-refractivity contribution is 5.93. The first kappa shape index (κ1) is 19.4. The summed E-state index contributed by atoms with van der Waals surface area (Å²) in [5, 5.41) is 5.81. The number of amides is 2. The van der Waals surface area contributed by atoms with Gasteiger partial charge in [-0.05, 0) is 37.6 Å². The molecule has 0 saturated heterocycles. The quantitative estimate of drug-likeness (QED) is 0.833. The van der Waals surface area contributed by atoms with E-state index in [1.165, 1.54) is 32.1 Å². The van der Waals surface area contributed by atoms with Crippen molar-refractivity contribution in [2.75, 3.05) is 20.6 Å². The van der Waals surface area contributed by atoms with E-state index in [0.717, 1.165) is 18.4 Å². The van der Waals surface area contributed by atoms with Crippen molar-refractivity contribution in [3.05, 3.63) is 35.4 Å². The molecule has 0 bridgehead atoms. The minimum atomic E-state index is -0.0847. The van der Waals surface area contributed by atoms with Gasteiger partial charge < -0.3 is 10.6 Å². The Balaban J connectivity index is 1.77. The van der Waals surface area contributed by atoms with Crippen LogP contribution in [0.2, 0.25) is 0 Å². The molecule has 2 rings (SSSR count). The van der Waals surface area contributed by atoms with E-state index in [9.17, 15) is 9.59 Å². The SMILES string of the molecule is CNC(=O)c1ccc(CN(C)CC(=O)NC2CCCCCCC2)cc1. The number of carbonyl (C=O) groups excluding carboxylic acids is 2. The van der Waals surface area contributed by atoms with Crippen molar-refractivity contribution in [2.24, 2.45) is 0 Å². The van der Waals surface area contributed by atoms with Gasteiger partial charge in [-0.2, -0.15) is 0 Å². The zero-order valence-corrected chi connectivity index (χ0v) is 15.5. The maximum absolute atomic E-state index is 12.3. The third-order valence-corrected chi connectivity index (χ3v) is 4.78. The van der Waals surface area contributed by atoms with Crippen molar-refractivity contribution in [2.45, 2.75) is 57.5 Å². The fourth-order valence-corrected chi connectivity index (χ4v) is 3.39. The van der Waals surface area contributed by atoms with Crippen LogP contribution in [-0.2, 0) is 11.3 Å². The molecule has 1 aliphatic carbocycles. The Labute approximate surface area is 151 Å². The molecule has 2 amide bonds. The number of rotatable bonds is 6. The second-order valence-corrected chi connectivity index (χ2v) is 7.06. The fourth-order valence-electron chi connectivity index (χ4n) is 3.39. The molecule has 5 nitrogen and oxygen atoms in total. The summed E-state index contributed by atoms with van der Waals surface area (Å²) < 4.78 is 0. The highest BCUT2D eigenvalue weighted by Gasteiger charge is 2.15. The molecule has 0 radical (unpaired) electrons. The Kier molecular flexibility index (Phi) is 7.92. The summed E-state index contributed by atoms with van der Waals surface area (Å²) in [6, 6.07) is 7.85. The highest BCUT2D eigenvalue weighted by atomic mass is 16.2. The van der Waals surface area contributed by atoms with Gasteiger partial charge in [-0.1, -0.05) is 44.2 Å². The van der Waals surface area contributed by atoms with Crippen LogP contribution in [0.15, 0.2) is 24.3 Å². The Morgan fingerprint density at radius 2 is 1.64 bits per heavy atom. The summed E-state index contributed by atoms with van der Waals surface area (Å²) in [6.45, 7) is 1.08. The Hall–Kier alpha value is -1.88. The van der Waals surface area contributed by atoms with Crippen LogP contribution in [0.5, 0.6) is 0 Å². The zero-order valence-electron chi connectivity index (χ0n) is 15.5. The number of hydrogen-bond donors (Lipinski definition) is 2. The lowest BCUT2D eigenvalue weighted by Gasteiger charge is -2.23. The van der Waals surface area contributed by atoms with Crippen molar-refractivity contribution >= 4 is 11.8 Å². The fraction of sp³-hybridized carbons (Fsp3) is 0.600. The maximum Gasteiger partial charge on any atom is 0.251 e. The lowest BCUT2D eigenvalue weighted by atomic mass is 9.97. The van der Waals surface area contributed by atoms with E-state index < -0.39 is 0 Å². The van der Waals surface area contributed by atoms with Crippen LogP contribution < -0.4 is 10.6 Å². The third kappa shape index (κ3) is 6.86. The van der Waals surface area contributed by atoms with E-state index in [1.807, 2.05) is 36.2 Å². The highest BCUT2D eigenvalue weighted by Crippen LogP contribution is 2.17. The standard InChI is InChI=1S/C20H31N3O2/c1-21-20(25)17-12-10-16(11-13-17)14-23(2)15-19(24)22-18-8-6-4-3-5-7-9-18/h10-13,18H,3-9,14-15H2,1-2H3,(H,21,25)(H,22,24). The summed E-state index contributed by atoms with van der Waals surface area (Å²) in [5.74, 6) is 0.0218. The lowest BCUT2D eigenvalue weighted by molar-refractivity contribution is -0.122. The maximum atomic E-state index is 12.3. The molecule has 0 aromatic heterocycles. The van der Waals surface area contributed by atoms with E-state index in [2.05, 4.69) is 10.6 Å². The Bertz CT molecular complexity index is 549. The van der Waals surface area contributed by atoms with Crippen molar-refractivity contribution in [1.29, 1.82) is 0 Å². The van der Waals surface area contributed by atoms with Crippen molar-refractivity contribution < 1.29 is 9.59 Å². The largest absolute Gasteiger partial charge is 0.355 e. The van der Waals surface area contributed by atoms with E-state index in [4.69, 9.17) is 0 Å². The van der Waals surface area contributed by atoms with Gasteiger partial charge in [0.25, 0.3) is 5.91 Å². The summed E-state index contributed by atoms with van der Waals surface area (Å²) in [4.78, 5) is 25.8. The van der Waals surface area contributed by atoms with Gasteiger partial charge in [0.1, 0.15) is 0 Å². The van der Waals surface area contributed by atoms with Gasteiger partial charge in [0, 0.05) is 25.2 Å². The van der Waals surface area contributed by atoms with Crippen molar-refractivity contribution in [3.63, 3.8) is 0 Å². The zero-order chi connectivity index (χ0) is 18.1. The van der Waals surface area contributed by atoms with Crippen LogP contribution in [0.3, 0.4) is 0 Å². The monoisotopic (exact) mass is 345 g/mol. The van der Waals surface area contributed by atoms with Gasteiger partial charge in [-0.3, -0.25) is 14.5 Å². The van der Waals surface area contributed by atoms with E-state index in [0.29, 0.717) is 24.7 Å². The number of nitrogens with zero attached hydrogens (tertiary/aromatic N) is 1. The molecule has 1 aliphatic rings. The van der Waals surface area contributed by atoms with Crippen LogP contribution in [0, 0.1) is 0 Å². The summed E-state index contributed by atoms with van der Waals surface area (Å²) in [7, 11) is 3.57. The lowest BCUT2D eigenvalue weighted by Crippen LogP contribution is -2.41. The predicted octanol–water partition coefficient (Wildman–Crippen LogP) is 2.71. The predicted molar refractivity (Wildman–Crippen MR) is 100 cm³/mol. The number of carbonyl (C=O) groups is 2. The molecule has 1 saturated carbocycles. The van der Waals surface area contributed by atoms with Gasteiger partial charge in [-0.25, -0.2) is 0 Å². The second kappa shape index (κ2) is 10.2. The molecular weight excluding hydrogens is 314 g/mol. The second-order valence-electron chi connectivity index (χ2n) is 7.06. The number of benzene rings is 1. The van der Waals surface area contributed by atoms with Crippen LogP contribution in [-0.4, -0.2) is 43.4 Å². The number of nitrogens with one attached hydrogen (secondary N) is 2. The van der Waals surface area contributed by atoms with Crippen LogP contribution in [0.1, 0.15) is 60.9 Å². The molecule has 1 aromatic rings. The van der Waals surface area contributed by atoms with Gasteiger partial charge >= 0.3 is 0 Å². The van der Waals surface area contributed by atoms with Crippen molar-refractivity contribution in [3.8, 4) is 0 Å². The third-order valence-electron chi connectivity index (χ3n) is 4.78. The normalized spacial score (nSPS) is 16.1. The van der Waals surface area contributed by atoms with Gasteiger partial charge in [0.2, 0.25) is 5.91 Å². The number of hydrogen-bond acceptors (Lipinski definition) is 3. The summed E-state index contributed by atoms with van der Waals surface area (Å²) in [6.07, 6.45) is 8.57. The van der Waals surface area contributed by atoms with E-state index in [-0.39, 0.29) is 11.8 Å². The van der Waals surface area contributed by atoms with Crippen LogP contribution in [0.25, 0.3) is 0 Å². The molecule has 0 spiro atoms. The molecule has 1 fully saturated rings. The summed E-state index contributed by atoms with van der Waals surface area (Å²) in [5.41, 5.74) is 1.74. The Morgan fingerprint density at radius 1 is 1.04 bits per heavy atom. The molecule has 0 unspecified atom stereocenters. The first-order valence-corrected chi connectivity index (χ1v) is 9.37. The molecule has 0 heterocycles. The first-order chi connectivity index (χ1) is 12.1. The van der Waals surface area contributed by atoms with E-state index >= 15 is 0 Å². The minimum absolute atomic E-state index is 0.0847. The summed E-state index contributed by atoms with van der Waals surface area (Å²) >= 11 is 0. The van der Waals surface area contributed by atoms with E-state index in [1.54, 1.807) is 7.05 Å². The average Bonchev–Trinajstić information content (AvgIpc) is 2.57. The van der Waals surface area contributed by atoms with Gasteiger partial charge in [-0.15, -0.1) is 0 Å². The molecule has 0 atom stereocenters. The minimum Gasteiger partial charge on any atom is -0.355 e. The first-order valence-electron chi connectivity index (χ1n) is 9.37. The topological polar surface area (TPSA) is 61.4 Å². The Morgan fingerprint density at radius 3 is 2.24 bits per heavy atom.